The van der Waals surface area contributed by atoms with E-state index in [2.05, 4.69) is 13.0 Å². The quantitative estimate of drug-likeness (QED) is 0.620. The van der Waals surface area contributed by atoms with Crippen LogP contribution in [0.4, 0.5) is 0 Å². The van der Waals surface area contributed by atoms with E-state index in [1.165, 1.54) is 12.7 Å². The van der Waals surface area contributed by atoms with E-state index >= 15 is 0 Å². The van der Waals surface area contributed by atoms with Crippen molar-refractivity contribution in [3.63, 3.8) is 0 Å². The lowest BCUT2D eigenvalue weighted by molar-refractivity contribution is -0.145. The van der Waals surface area contributed by atoms with Gasteiger partial charge in [-0.2, -0.15) is 0 Å². The van der Waals surface area contributed by atoms with Gasteiger partial charge in [-0.3, -0.25) is 4.79 Å². The second-order valence-electron chi connectivity index (χ2n) is 5.43. The van der Waals surface area contributed by atoms with Gasteiger partial charge in [0.25, 0.3) is 0 Å². The number of para-hydroxylation sites is 1. The van der Waals surface area contributed by atoms with E-state index in [0.29, 0.717) is 0 Å². The number of carbonyl (C=O) groups excluding carboxylic acids is 1. The van der Waals surface area contributed by atoms with Crippen molar-refractivity contribution < 1.29 is 14.3 Å². The molecule has 2 atom stereocenters. The highest BCUT2D eigenvalue weighted by atomic mass is 16.5. The fourth-order valence-electron chi connectivity index (χ4n) is 2.88. The average Bonchev–Trinajstić information content (AvgIpc) is 2.72. The Morgan fingerprint density at radius 1 is 1.20 bits per heavy atom. The summed E-state index contributed by atoms with van der Waals surface area (Å²) in [5.41, 5.74) is 1.25. The second kappa shape index (κ2) is 7.32. The minimum Gasteiger partial charge on any atom is -0.490 e. The summed E-state index contributed by atoms with van der Waals surface area (Å²) in [4.78, 5) is 11.6. The van der Waals surface area contributed by atoms with Crippen LogP contribution in [0.25, 0.3) is 0 Å². The van der Waals surface area contributed by atoms with Crippen molar-refractivity contribution in [2.24, 2.45) is 5.92 Å². The summed E-state index contributed by atoms with van der Waals surface area (Å²) in [5, 5.41) is 0. The minimum atomic E-state index is -0.0698. The Labute approximate surface area is 121 Å². The molecule has 0 bridgehead atoms. The van der Waals surface area contributed by atoms with E-state index in [1.807, 2.05) is 18.2 Å². The molecule has 0 spiro atoms. The van der Waals surface area contributed by atoms with Gasteiger partial charge in [0.1, 0.15) is 5.75 Å². The van der Waals surface area contributed by atoms with Gasteiger partial charge in [0.15, 0.2) is 0 Å². The molecule has 2 unspecified atom stereocenters. The first kappa shape index (κ1) is 14.9. The van der Waals surface area contributed by atoms with E-state index in [-0.39, 0.29) is 18.0 Å². The summed E-state index contributed by atoms with van der Waals surface area (Å²) >= 11 is 0. The summed E-state index contributed by atoms with van der Waals surface area (Å²) in [6, 6.07) is 8.22. The van der Waals surface area contributed by atoms with Crippen LogP contribution in [-0.2, 0) is 16.0 Å². The molecule has 1 aliphatic rings. The molecular weight excluding hydrogens is 252 g/mol. The Balaban J connectivity index is 1.95. The van der Waals surface area contributed by atoms with E-state index < -0.39 is 0 Å². The lowest BCUT2D eigenvalue weighted by Gasteiger charge is -2.19. The molecule has 20 heavy (non-hydrogen) atoms. The predicted octanol–water partition coefficient (Wildman–Crippen LogP) is 3.75. The average molecular weight is 276 g/mol. The number of aryl methyl sites for hydroxylation is 1. The van der Waals surface area contributed by atoms with Gasteiger partial charge in [-0.25, -0.2) is 0 Å². The number of benzene rings is 1. The standard InChI is InChI=1S/C17H24O3/c1-3-13-7-4-5-10-16(13)20-15-9-6-8-14(11-12-15)17(18)19-2/h4-5,7,10,14-15H,3,6,8-9,11-12H2,1-2H3. The number of hydrogen-bond acceptors (Lipinski definition) is 3. The van der Waals surface area contributed by atoms with Gasteiger partial charge in [0.05, 0.1) is 19.1 Å². The number of ether oxygens (including phenoxy) is 2. The zero-order chi connectivity index (χ0) is 14.4. The molecule has 2 rings (SSSR count). The van der Waals surface area contributed by atoms with Crippen molar-refractivity contribution in [2.75, 3.05) is 7.11 Å². The molecule has 3 nitrogen and oxygen atoms in total. The molecule has 0 N–H and O–H groups in total. The molecule has 3 heteroatoms. The lowest BCUT2D eigenvalue weighted by atomic mass is 10.0. The van der Waals surface area contributed by atoms with Crippen LogP contribution in [0.1, 0.15) is 44.6 Å². The van der Waals surface area contributed by atoms with Crippen molar-refractivity contribution in [1.82, 2.24) is 0 Å². The Morgan fingerprint density at radius 2 is 2.00 bits per heavy atom. The van der Waals surface area contributed by atoms with Crippen LogP contribution >= 0.6 is 0 Å². The summed E-state index contributed by atoms with van der Waals surface area (Å²) in [5.74, 6) is 0.978. The Hall–Kier alpha value is -1.51. The molecule has 1 aliphatic carbocycles. The third kappa shape index (κ3) is 3.75. The van der Waals surface area contributed by atoms with Crippen LogP contribution in [0.3, 0.4) is 0 Å². The summed E-state index contributed by atoms with van der Waals surface area (Å²) in [7, 11) is 1.47. The van der Waals surface area contributed by atoms with Crippen molar-refractivity contribution >= 4 is 5.97 Å². The molecule has 1 aromatic rings. The molecule has 1 fully saturated rings. The molecule has 0 radical (unpaired) electrons. The lowest BCUT2D eigenvalue weighted by Crippen LogP contribution is -2.18. The first-order chi connectivity index (χ1) is 9.74. The highest BCUT2D eigenvalue weighted by molar-refractivity contribution is 5.72. The Kier molecular flexibility index (Phi) is 5.45. The van der Waals surface area contributed by atoms with Gasteiger partial charge in [-0.05, 0) is 50.2 Å². The molecule has 1 saturated carbocycles. The van der Waals surface area contributed by atoms with Crippen LogP contribution in [-0.4, -0.2) is 19.2 Å². The van der Waals surface area contributed by atoms with E-state index in [4.69, 9.17) is 9.47 Å². The third-order valence-corrected chi connectivity index (χ3v) is 4.10. The first-order valence-electron chi connectivity index (χ1n) is 7.57. The molecule has 110 valence electrons. The SMILES string of the molecule is CCc1ccccc1OC1CCCC(C(=O)OC)CC1. The molecule has 0 amide bonds. The number of methoxy groups -OCH3 is 1. The van der Waals surface area contributed by atoms with Crippen molar-refractivity contribution in [1.29, 1.82) is 0 Å². The van der Waals surface area contributed by atoms with Crippen LogP contribution in [0, 0.1) is 5.92 Å². The molecule has 0 aliphatic heterocycles. The molecular formula is C17H24O3. The minimum absolute atomic E-state index is 0.0509. The second-order valence-corrected chi connectivity index (χ2v) is 5.43. The molecule has 1 aromatic carbocycles. The number of rotatable bonds is 4. The Morgan fingerprint density at radius 3 is 2.75 bits per heavy atom. The number of carbonyl (C=O) groups is 1. The highest BCUT2D eigenvalue weighted by Crippen LogP contribution is 2.28. The van der Waals surface area contributed by atoms with Crippen molar-refractivity contribution in [3.8, 4) is 5.75 Å². The van der Waals surface area contributed by atoms with Crippen LogP contribution in [0.5, 0.6) is 5.75 Å². The largest absolute Gasteiger partial charge is 0.490 e. The van der Waals surface area contributed by atoms with E-state index in [9.17, 15) is 4.79 Å². The summed E-state index contributed by atoms with van der Waals surface area (Å²) in [6.07, 6.45) is 5.96. The van der Waals surface area contributed by atoms with E-state index in [1.54, 1.807) is 0 Å². The van der Waals surface area contributed by atoms with E-state index in [0.717, 1.165) is 44.3 Å². The van der Waals surface area contributed by atoms with Gasteiger partial charge in [0, 0.05) is 0 Å². The maximum absolute atomic E-state index is 11.6. The van der Waals surface area contributed by atoms with Crippen LogP contribution in [0.2, 0.25) is 0 Å². The number of hydrogen-bond donors (Lipinski definition) is 0. The molecule has 0 heterocycles. The zero-order valence-corrected chi connectivity index (χ0v) is 12.4. The van der Waals surface area contributed by atoms with Gasteiger partial charge >= 0.3 is 5.97 Å². The van der Waals surface area contributed by atoms with Crippen LogP contribution in [0.15, 0.2) is 24.3 Å². The van der Waals surface area contributed by atoms with Crippen LogP contribution < -0.4 is 4.74 Å². The van der Waals surface area contributed by atoms with Gasteiger partial charge in [-0.15, -0.1) is 0 Å². The van der Waals surface area contributed by atoms with Gasteiger partial charge < -0.3 is 9.47 Å². The van der Waals surface area contributed by atoms with Crippen molar-refractivity contribution in [3.05, 3.63) is 29.8 Å². The third-order valence-electron chi connectivity index (χ3n) is 4.10. The maximum Gasteiger partial charge on any atom is 0.308 e. The topological polar surface area (TPSA) is 35.5 Å². The fourth-order valence-corrected chi connectivity index (χ4v) is 2.88. The van der Waals surface area contributed by atoms with Gasteiger partial charge in [-0.1, -0.05) is 25.1 Å². The fraction of sp³-hybridized carbons (Fsp3) is 0.588. The van der Waals surface area contributed by atoms with Crippen molar-refractivity contribution in [2.45, 2.75) is 51.6 Å². The molecule has 0 aromatic heterocycles. The summed E-state index contributed by atoms with van der Waals surface area (Å²) in [6.45, 7) is 2.14. The number of esters is 1. The predicted molar refractivity (Wildman–Crippen MR) is 78.8 cm³/mol. The molecule has 0 saturated heterocycles. The normalized spacial score (nSPS) is 22.9. The summed E-state index contributed by atoms with van der Waals surface area (Å²) < 4.78 is 11.0. The highest BCUT2D eigenvalue weighted by Gasteiger charge is 2.25. The van der Waals surface area contributed by atoms with Gasteiger partial charge in [0.2, 0.25) is 0 Å². The Bertz CT molecular complexity index is 442. The zero-order valence-electron chi connectivity index (χ0n) is 12.4. The first-order valence-corrected chi connectivity index (χ1v) is 7.57. The maximum atomic E-state index is 11.6. The smallest absolute Gasteiger partial charge is 0.308 e. The monoisotopic (exact) mass is 276 g/mol.